The van der Waals surface area contributed by atoms with Crippen LogP contribution in [0.25, 0.3) is 11.0 Å². The van der Waals surface area contributed by atoms with Gasteiger partial charge in [0.15, 0.2) is 0 Å². The molecular formula is C13H11F3N6O. The third-order valence-electron chi connectivity index (χ3n) is 3.06. The Kier molecular flexibility index (Phi) is 3.72. The summed E-state index contributed by atoms with van der Waals surface area (Å²) in [4.78, 5) is 17.9. The number of hydrogen-bond acceptors (Lipinski definition) is 6. The van der Waals surface area contributed by atoms with Crippen molar-refractivity contribution in [1.82, 2.24) is 24.9 Å². The molecule has 0 unspecified atom stereocenters. The maximum atomic E-state index is 12.8. The number of methoxy groups -OCH3 is 1. The summed E-state index contributed by atoms with van der Waals surface area (Å²) in [6, 6.07) is 1.21. The van der Waals surface area contributed by atoms with Gasteiger partial charge in [-0.05, 0) is 6.07 Å². The molecule has 0 radical (unpaired) electrons. The van der Waals surface area contributed by atoms with Crippen molar-refractivity contribution in [3.05, 3.63) is 36.0 Å². The molecule has 0 amide bonds. The fraction of sp³-hybridized carbons (Fsp3) is 0.231. The summed E-state index contributed by atoms with van der Waals surface area (Å²) < 4.78 is 43.1. The lowest BCUT2D eigenvalue weighted by molar-refractivity contribution is -0.140. The van der Waals surface area contributed by atoms with E-state index in [9.17, 15) is 13.2 Å². The minimum absolute atomic E-state index is 0.112. The summed E-state index contributed by atoms with van der Waals surface area (Å²) in [5.74, 6) is 0.289. The Bertz CT molecular complexity index is 815. The van der Waals surface area contributed by atoms with E-state index in [4.69, 9.17) is 4.74 Å². The monoisotopic (exact) mass is 324 g/mol. The second kappa shape index (κ2) is 5.71. The first-order valence-electron chi connectivity index (χ1n) is 6.47. The van der Waals surface area contributed by atoms with Crippen molar-refractivity contribution in [1.29, 1.82) is 0 Å². The van der Waals surface area contributed by atoms with Crippen molar-refractivity contribution in [2.75, 3.05) is 12.4 Å². The first-order valence-corrected chi connectivity index (χ1v) is 6.47. The van der Waals surface area contributed by atoms with Crippen LogP contribution in [-0.4, -0.2) is 32.0 Å². The lowest BCUT2D eigenvalue weighted by atomic mass is 10.3. The van der Waals surface area contributed by atoms with Crippen molar-refractivity contribution in [2.24, 2.45) is 0 Å². The third-order valence-corrected chi connectivity index (χ3v) is 3.06. The van der Waals surface area contributed by atoms with E-state index in [0.29, 0.717) is 6.54 Å². The van der Waals surface area contributed by atoms with Crippen LogP contribution in [0.15, 0.2) is 24.8 Å². The molecule has 0 saturated heterocycles. The average Bonchev–Trinajstić information content (AvgIpc) is 2.98. The molecule has 0 saturated carbocycles. The molecule has 3 aromatic heterocycles. The molecule has 10 heteroatoms. The van der Waals surface area contributed by atoms with Gasteiger partial charge in [0.1, 0.15) is 23.5 Å². The highest BCUT2D eigenvalue weighted by Gasteiger charge is 2.33. The van der Waals surface area contributed by atoms with Crippen molar-refractivity contribution >= 4 is 16.9 Å². The van der Waals surface area contributed by atoms with E-state index in [0.717, 1.165) is 11.6 Å². The van der Waals surface area contributed by atoms with E-state index in [1.54, 1.807) is 12.4 Å². The Labute approximate surface area is 128 Å². The minimum Gasteiger partial charge on any atom is -0.467 e. The van der Waals surface area contributed by atoms with Gasteiger partial charge in [-0.3, -0.25) is 0 Å². The molecule has 3 heterocycles. The summed E-state index contributed by atoms with van der Waals surface area (Å²) in [6.07, 6.45) is -0.182. The zero-order valence-electron chi connectivity index (χ0n) is 11.8. The van der Waals surface area contributed by atoms with Crippen LogP contribution in [0.2, 0.25) is 0 Å². The lowest BCUT2D eigenvalue weighted by Crippen LogP contribution is -2.04. The van der Waals surface area contributed by atoms with Gasteiger partial charge in [-0.15, -0.1) is 0 Å². The van der Waals surface area contributed by atoms with Gasteiger partial charge < -0.3 is 15.0 Å². The Morgan fingerprint density at radius 1 is 1.17 bits per heavy atom. The smallest absolute Gasteiger partial charge is 0.431 e. The van der Waals surface area contributed by atoms with Crippen LogP contribution in [0.5, 0.6) is 6.01 Å². The Morgan fingerprint density at radius 3 is 2.57 bits per heavy atom. The van der Waals surface area contributed by atoms with Crippen LogP contribution < -0.4 is 10.1 Å². The predicted octanol–water partition coefficient (Wildman–Crippen LogP) is 2.39. The largest absolute Gasteiger partial charge is 0.467 e. The zero-order valence-corrected chi connectivity index (χ0v) is 11.8. The van der Waals surface area contributed by atoms with Gasteiger partial charge in [-0.1, -0.05) is 0 Å². The summed E-state index contributed by atoms with van der Waals surface area (Å²) in [6.45, 7) is 0.294. The standard InChI is InChI=1S/C13H11F3N6O/c1-23-12-18-4-7(5-19-12)3-17-10-8-2-9(13(14,15)16)22-11(8)21-6-20-10/h2,4-6H,3H2,1H3,(H2,17,20,21,22). The van der Waals surface area contributed by atoms with Gasteiger partial charge in [-0.25, -0.2) is 19.9 Å². The maximum Gasteiger partial charge on any atom is 0.431 e. The first-order chi connectivity index (χ1) is 11.0. The number of H-pyrrole nitrogens is 1. The number of hydrogen-bond donors (Lipinski definition) is 2. The number of nitrogens with zero attached hydrogens (tertiary/aromatic N) is 4. The van der Waals surface area contributed by atoms with E-state index in [-0.39, 0.29) is 22.9 Å². The van der Waals surface area contributed by atoms with Gasteiger partial charge in [0.05, 0.1) is 12.5 Å². The number of alkyl halides is 3. The van der Waals surface area contributed by atoms with Gasteiger partial charge in [0.25, 0.3) is 0 Å². The highest BCUT2D eigenvalue weighted by molar-refractivity contribution is 5.87. The normalized spacial score (nSPS) is 11.7. The van der Waals surface area contributed by atoms with Crippen LogP contribution in [0, 0.1) is 0 Å². The molecule has 120 valence electrons. The molecule has 3 aromatic rings. The SMILES string of the molecule is COc1ncc(CNc2ncnc3[nH]c(C(F)(F)F)cc23)cn1. The number of halogens is 3. The predicted molar refractivity (Wildman–Crippen MR) is 74.8 cm³/mol. The van der Waals surface area contributed by atoms with Crippen LogP contribution in [-0.2, 0) is 12.7 Å². The van der Waals surface area contributed by atoms with Crippen molar-refractivity contribution < 1.29 is 17.9 Å². The van der Waals surface area contributed by atoms with Crippen molar-refractivity contribution in [3.8, 4) is 6.01 Å². The molecule has 0 spiro atoms. The first kappa shape index (κ1) is 15.0. The second-order valence-corrected chi connectivity index (χ2v) is 4.60. The molecule has 3 rings (SSSR count). The van der Waals surface area contributed by atoms with Crippen LogP contribution in [0.4, 0.5) is 19.0 Å². The minimum atomic E-state index is -4.47. The van der Waals surface area contributed by atoms with E-state index in [1.165, 1.54) is 13.4 Å². The molecule has 0 fully saturated rings. The molecule has 0 aliphatic heterocycles. The number of aromatic nitrogens is 5. The second-order valence-electron chi connectivity index (χ2n) is 4.60. The number of fused-ring (bicyclic) bond motifs is 1. The average molecular weight is 324 g/mol. The Hall–Kier alpha value is -2.91. The number of anilines is 1. The Balaban J connectivity index is 1.83. The van der Waals surface area contributed by atoms with Crippen molar-refractivity contribution in [3.63, 3.8) is 0 Å². The quantitative estimate of drug-likeness (QED) is 0.766. The van der Waals surface area contributed by atoms with Gasteiger partial charge in [0, 0.05) is 24.5 Å². The van der Waals surface area contributed by atoms with Crippen LogP contribution in [0.3, 0.4) is 0 Å². The topological polar surface area (TPSA) is 88.6 Å². The number of nitrogens with one attached hydrogen (secondary N) is 2. The van der Waals surface area contributed by atoms with Gasteiger partial charge in [-0.2, -0.15) is 13.2 Å². The molecule has 0 aliphatic carbocycles. The number of ether oxygens (including phenoxy) is 1. The van der Waals surface area contributed by atoms with E-state index in [2.05, 4.69) is 30.2 Å². The van der Waals surface area contributed by atoms with E-state index < -0.39 is 11.9 Å². The van der Waals surface area contributed by atoms with E-state index >= 15 is 0 Å². The zero-order chi connectivity index (χ0) is 16.4. The number of rotatable bonds is 4. The van der Waals surface area contributed by atoms with Crippen LogP contribution in [0.1, 0.15) is 11.3 Å². The maximum absolute atomic E-state index is 12.8. The summed E-state index contributed by atoms with van der Waals surface area (Å²) in [7, 11) is 1.45. The molecule has 23 heavy (non-hydrogen) atoms. The third kappa shape index (κ3) is 3.15. The Morgan fingerprint density at radius 2 is 1.91 bits per heavy atom. The molecule has 0 aromatic carbocycles. The molecule has 0 aliphatic rings. The van der Waals surface area contributed by atoms with Crippen LogP contribution >= 0.6 is 0 Å². The molecule has 2 N–H and O–H groups in total. The van der Waals surface area contributed by atoms with Crippen molar-refractivity contribution in [2.45, 2.75) is 12.7 Å². The summed E-state index contributed by atoms with van der Waals surface area (Å²) >= 11 is 0. The van der Waals surface area contributed by atoms with E-state index in [1.807, 2.05) is 0 Å². The highest BCUT2D eigenvalue weighted by atomic mass is 19.4. The summed E-state index contributed by atoms with van der Waals surface area (Å²) in [5.41, 5.74) is -0.0335. The summed E-state index contributed by atoms with van der Waals surface area (Å²) in [5, 5.41) is 3.21. The van der Waals surface area contributed by atoms with Gasteiger partial charge >= 0.3 is 12.2 Å². The highest BCUT2D eigenvalue weighted by Crippen LogP contribution is 2.32. The molecule has 7 nitrogen and oxygen atoms in total. The fourth-order valence-corrected chi connectivity index (χ4v) is 1.96. The fourth-order valence-electron chi connectivity index (χ4n) is 1.96. The molecular weight excluding hydrogens is 313 g/mol. The van der Waals surface area contributed by atoms with Gasteiger partial charge in [0.2, 0.25) is 0 Å². The number of aromatic amines is 1. The molecule has 0 bridgehead atoms. The lowest BCUT2D eigenvalue weighted by Gasteiger charge is -2.06. The molecule has 0 atom stereocenters.